The first-order valence-corrected chi connectivity index (χ1v) is 7.10. The number of hydrogen-bond acceptors (Lipinski definition) is 2. The number of nitrogens with one attached hydrogen (secondary N) is 2. The molecule has 1 aliphatic heterocycles. The topological polar surface area (TPSA) is 41.1 Å². The van der Waals surface area contributed by atoms with Gasteiger partial charge in [0.25, 0.3) is 0 Å². The molecule has 1 rings (SSSR count). The first-order chi connectivity index (χ1) is 8.09. The lowest BCUT2D eigenvalue weighted by Gasteiger charge is -2.26. The maximum absolute atomic E-state index is 11.9. The van der Waals surface area contributed by atoms with E-state index in [2.05, 4.69) is 31.4 Å². The Labute approximate surface area is 106 Å². The maximum atomic E-state index is 11.9. The van der Waals surface area contributed by atoms with Crippen molar-refractivity contribution in [1.82, 2.24) is 10.6 Å². The van der Waals surface area contributed by atoms with E-state index in [1.807, 2.05) is 0 Å². The number of piperidine rings is 1. The second-order valence-corrected chi connectivity index (χ2v) is 5.76. The zero-order valence-corrected chi connectivity index (χ0v) is 11.6. The quantitative estimate of drug-likeness (QED) is 0.700. The number of carbonyl (C=O) groups is 1. The molecule has 1 fully saturated rings. The molecule has 0 aromatic heterocycles. The van der Waals surface area contributed by atoms with Gasteiger partial charge in [0.15, 0.2) is 0 Å². The van der Waals surface area contributed by atoms with Gasteiger partial charge in [-0.2, -0.15) is 0 Å². The second kappa shape index (κ2) is 7.70. The van der Waals surface area contributed by atoms with Crippen LogP contribution in [0.25, 0.3) is 0 Å². The molecule has 0 saturated carbocycles. The van der Waals surface area contributed by atoms with Crippen molar-refractivity contribution in [3.8, 4) is 0 Å². The average molecular weight is 240 g/mol. The Morgan fingerprint density at radius 1 is 1.35 bits per heavy atom. The molecular formula is C14H28N2O. The van der Waals surface area contributed by atoms with Crippen LogP contribution >= 0.6 is 0 Å². The Kier molecular flexibility index (Phi) is 6.56. The molecule has 17 heavy (non-hydrogen) atoms. The summed E-state index contributed by atoms with van der Waals surface area (Å²) in [4.78, 5) is 11.9. The molecule has 0 bridgehead atoms. The van der Waals surface area contributed by atoms with Crippen LogP contribution in [0.2, 0.25) is 0 Å². The average Bonchev–Trinajstić information content (AvgIpc) is 2.29. The van der Waals surface area contributed by atoms with Crippen LogP contribution in [0, 0.1) is 11.8 Å². The summed E-state index contributed by atoms with van der Waals surface area (Å²) in [7, 11) is 0. The fourth-order valence-electron chi connectivity index (χ4n) is 2.26. The monoisotopic (exact) mass is 240 g/mol. The van der Waals surface area contributed by atoms with Crippen molar-refractivity contribution in [3.63, 3.8) is 0 Å². The number of amides is 1. The van der Waals surface area contributed by atoms with Crippen molar-refractivity contribution in [2.45, 2.75) is 58.9 Å². The number of hydrogen-bond donors (Lipinski definition) is 2. The highest BCUT2D eigenvalue weighted by molar-refractivity contribution is 5.78. The highest BCUT2D eigenvalue weighted by Crippen LogP contribution is 2.14. The van der Waals surface area contributed by atoms with Crippen LogP contribution < -0.4 is 10.6 Å². The van der Waals surface area contributed by atoms with Crippen LogP contribution in [-0.4, -0.2) is 25.0 Å². The van der Waals surface area contributed by atoms with Gasteiger partial charge in [0.1, 0.15) is 0 Å². The fraction of sp³-hybridized carbons (Fsp3) is 0.929. The zero-order chi connectivity index (χ0) is 12.7. The van der Waals surface area contributed by atoms with Crippen molar-refractivity contribution in [2.24, 2.45) is 11.8 Å². The minimum atomic E-state index is 0.191. The Morgan fingerprint density at radius 2 is 2.12 bits per heavy atom. The van der Waals surface area contributed by atoms with Gasteiger partial charge in [-0.15, -0.1) is 0 Å². The second-order valence-electron chi connectivity index (χ2n) is 5.76. The van der Waals surface area contributed by atoms with Crippen molar-refractivity contribution in [1.29, 1.82) is 0 Å². The summed E-state index contributed by atoms with van der Waals surface area (Å²) in [6.45, 7) is 8.36. The van der Waals surface area contributed by atoms with E-state index in [0.29, 0.717) is 6.04 Å². The highest BCUT2D eigenvalue weighted by Gasteiger charge is 2.23. The van der Waals surface area contributed by atoms with Crippen LogP contribution in [0.1, 0.15) is 52.9 Å². The van der Waals surface area contributed by atoms with Crippen molar-refractivity contribution < 1.29 is 4.79 Å². The summed E-state index contributed by atoms with van der Waals surface area (Å²) in [5.74, 6) is 1.21. The van der Waals surface area contributed by atoms with Crippen molar-refractivity contribution in [3.05, 3.63) is 0 Å². The van der Waals surface area contributed by atoms with E-state index < -0.39 is 0 Å². The third-order valence-electron chi connectivity index (χ3n) is 3.54. The lowest BCUT2D eigenvalue weighted by Crippen LogP contribution is -2.44. The van der Waals surface area contributed by atoms with Crippen molar-refractivity contribution in [2.75, 3.05) is 13.1 Å². The molecule has 1 aliphatic rings. The standard InChI is InChI=1S/C14H28N2O/c1-11(2)6-4-5-9-15-14(17)13-8-7-12(3)16-10-13/h11-13,16H,4-10H2,1-3H3,(H,15,17). The third-order valence-corrected chi connectivity index (χ3v) is 3.54. The molecular weight excluding hydrogens is 212 g/mol. The Morgan fingerprint density at radius 3 is 2.71 bits per heavy atom. The summed E-state index contributed by atoms with van der Waals surface area (Å²) in [5, 5.41) is 6.43. The van der Waals surface area contributed by atoms with Crippen molar-refractivity contribution >= 4 is 5.91 Å². The first kappa shape index (κ1) is 14.5. The fourth-order valence-corrected chi connectivity index (χ4v) is 2.26. The lowest BCUT2D eigenvalue weighted by molar-refractivity contribution is -0.125. The largest absolute Gasteiger partial charge is 0.356 e. The van der Waals surface area contributed by atoms with Crippen LogP contribution in [0.3, 0.4) is 0 Å². The predicted octanol–water partition coefficient (Wildman–Crippen LogP) is 2.32. The van der Waals surface area contributed by atoms with Gasteiger partial charge in [-0.25, -0.2) is 0 Å². The van der Waals surface area contributed by atoms with Crippen LogP contribution in [0.15, 0.2) is 0 Å². The molecule has 2 N–H and O–H groups in total. The molecule has 0 radical (unpaired) electrons. The third kappa shape index (κ3) is 6.06. The number of rotatable bonds is 6. The van der Waals surface area contributed by atoms with E-state index in [0.717, 1.165) is 38.3 Å². The molecule has 0 aromatic carbocycles. The van der Waals surface area contributed by atoms with Crippen LogP contribution in [0.5, 0.6) is 0 Å². The van der Waals surface area contributed by atoms with E-state index in [9.17, 15) is 4.79 Å². The molecule has 0 spiro atoms. The summed E-state index contributed by atoms with van der Waals surface area (Å²) in [6, 6.07) is 0.574. The summed E-state index contributed by atoms with van der Waals surface area (Å²) in [5.41, 5.74) is 0. The van der Waals surface area contributed by atoms with E-state index in [4.69, 9.17) is 0 Å². The molecule has 2 unspecified atom stereocenters. The van der Waals surface area contributed by atoms with Gasteiger partial charge in [0.05, 0.1) is 5.92 Å². The van der Waals surface area contributed by atoms with Gasteiger partial charge in [0.2, 0.25) is 5.91 Å². The highest BCUT2D eigenvalue weighted by atomic mass is 16.1. The molecule has 100 valence electrons. The number of carbonyl (C=O) groups excluding carboxylic acids is 1. The molecule has 0 aromatic rings. The van der Waals surface area contributed by atoms with Gasteiger partial charge in [0, 0.05) is 19.1 Å². The summed E-state index contributed by atoms with van der Waals surface area (Å²) in [6.07, 6.45) is 5.74. The Bertz CT molecular complexity index is 220. The van der Waals surface area contributed by atoms with E-state index in [1.165, 1.54) is 12.8 Å². The Hall–Kier alpha value is -0.570. The zero-order valence-electron chi connectivity index (χ0n) is 11.6. The minimum absolute atomic E-state index is 0.191. The van der Waals surface area contributed by atoms with Gasteiger partial charge < -0.3 is 10.6 Å². The lowest BCUT2D eigenvalue weighted by atomic mass is 9.95. The predicted molar refractivity (Wildman–Crippen MR) is 71.9 cm³/mol. The smallest absolute Gasteiger partial charge is 0.224 e. The molecule has 0 aliphatic carbocycles. The normalized spacial score (nSPS) is 24.9. The minimum Gasteiger partial charge on any atom is -0.356 e. The summed E-state index contributed by atoms with van der Waals surface area (Å²) < 4.78 is 0. The van der Waals surface area contributed by atoms with Crippen LogP contribution in [0.4, 0.5) is 0 Å². The number of unbranched alkanes of at least 4 members (excludes halogenated alkanes) is 1. The van der Waals surface area contributed by atoms with Gasteiger partial charge >= 0.3 is 0 Å². The van der Waals surface area contributed by atoms with E-state index in [-0.39, 0.29) is 11.8 Å². The summed E-state index contributed by atoms with van der Waals surface area (Å²) >= 11 is 0. The van der Waals surface area contributed by atoms with Gasteiger partial charge in [-0.05, 0) is 32.1 Å². The molecule has 2 atom stereocenters. The molecule has 1 amide bonds. The van der Waals surface area contributed by atoms with Gasteiger partial charge in [-0.3, -0.25) is 4.79 Å². The van der Waals surface area contributed by atoms with E-state index >= 15 is 0 Å². The first-order valence-electron chi connectivity index (χ1n) is 7.10. The molecule has 1 saturated heterocycles. The maximum Gasteiger partial charge on any atom is 0.224 e. The van der Waals surface area contributed by atoms with Gasteiger partial charge in [-0.1, -0.05) is 26.7 Å². The molecule has 1 heterocycles. The Balaban J connectivity index is 2.05. The molecule has 3 nitrogen and oxygen atoms in total. The van der Waals surface area contributed by atoms with Crippen LogP contribution in [-0.2, 0) is 4.79 Å². The molecule has 3 heteroatoms. The SMILES string of the molecule is CC(C)CCCCNC(=O)C1CCC(C)NC1. The van der Waals surface area contributed by atoms with E-state index in [1.54, 1.807) is 0 Å².